The first-order chi connectivity index (χ1) is 8.13. The molecular weight excluding hydrogens is 220 g/mol. The predicted molar refractivity (Wildman–Crippen MR) is 78.3 cm³/mol. The van der Waals surface area contributed by atoms with Crippen molar-refractivity contribution < 1.29 is 0 Å². The molecule has 18 heavy (non-hydrogen) atoms. The molecule has 0 saturated carbocycles. The molecule has 1 atom stereocenters. The summed E-state index contributed by atoms with van der Waals surface area (Å²) in [6.07, 6.45) is 13.0. The van der Waals surface area contributed by atoms with Gasteiger partial charge >= 0.3 is 0 Å². The van der Waals surface area contributed by atoms with E-state index >= 15 is 0 Å². The fourth-order valence-corrected chi connectivity index (χ4v) is 1.92. The molecule has 0 aromatic heterocycles. The molecule has 0 saturated heterocycles. The molecule has 0 amide bonds. The summed E-state index contributed by atoms with van der Waals surface area (Å²) in [6.45, 7) is 13.3. The molecule has 0 radical (unpaired) electrons. The van der Waals surface area contributed by atoms with Crippen molar-refractivity contribution >= 4 is 5.84 Å². The average molecular weight is 244 g/mol. The minimum absolute atomic E-state index is 0.0891. The van der Waals surface area contributed by atoms with Crippen molar-refractivity contribution in [1.29, 1.82) is 0 Å². The maximum atomic E-state index is 4.95. The second-order valence-electron chi connectivity index (χ2n) is 7.06. The molecule has 0 N–H and O–H groups in total. The third-order valence-electron chi connectivity index (χ3n) is 4.02. The van der Waals surface area contributed by atoms with Gasteiger partial charge in [0, 0.05) is 17.8 Å². The first-order valence-corrected chi connectivity index (χ1v) is 6.59. The smallest absolute Gasteiger partial charge is 0.132 e. The van der Waals surface area contributed by atoms with Gasteiger partial charge in [0.15, 0.2) is 0 Å². The average Bonchev–Trinajstić information content (AvgIpc) is 2.37. The third kappa shape index (κ3) is 2.29. The van der Waals surface area contributed by atoms with E-state index in [1.807, 2.05) is 0 Å². The van der Waals surface area contributed by atoms with Crippen LogP contribution in [0.2, 0.25) is 0 Å². The topological polar surface area (TPSA) is 15.6 Å². The Labute approximate surface area is 111 Å². The number of allylic oxidation sites excluding steroid dienone is 2. The second-order valence-corrected chi connectivity index (χ2v) is 7.06. The van der Waals surface area contributed by atoms with Crippen molar-refractivity contribution in [2.45, 2.75) is 47.1 Å². The van der Waals surface area contributed by atoms with E-state index in [2.05, 4.69) is 83.1 Å². The van der Waals surface area contributed by atoms with Gasteiger partial charge in [-0.1, -0.05) is 46.8 Å². The van der Waals surface area contributed by atoms with Crippen LogP contribution < -0.4 is 0 Å². The van der Waals surface area contributed by atoms with Crippen molar-refractivity contribution in [1.82, 2.24) is 4.90 Å². The molecule has 2 heteroatoms. The fraction of sp³-hybridized carbons (Fsp3) is 0.562. The Morgan fingerprint density at radius 3 is 2.22 bits per heavy atom. The van der Waals surface area contributed by atoms with Crippen LogP contribution in [0.1, 0.15) is 41.5 Å². The van der Waals surface area contributed by atoms with Gasteiger partial charge in [0.25, 0.3) is 0 Å². The lowest BCUT2D eigenvalue weighted by molar-refractivity contribution is 0.258. The zero-order valence-corrected chi connectivity index (χ0v) is 12.4. The van der Waals surface area contributed by atoms with Gasteiger partial charge in [-0.05, 0) is 24.5 Å². The molecular formula is C16H24N2. The summed E-state index contributed by atoms with van der Waals surface area (Å²) in [6, 6.07) is 0. The monoisotopic (exact) mass is 244 g/mol. The van der Waals surface area contributed by atoms with Gasteiger partial charge in [-0.15, -0.1) is 0 Å². The van der Waals surface area contributed by atoms with Crippen LogP contribution >= 0.6 is 0 Å². The van der Waals surface area contributed by atoms with Gasteiger partial charge in [0.05, 0.1) is 5.54 Å². The number of nitrogens with zero attached hydrogens (tertiary/aromatic N) is 2. The molecule has 2 rings (SSSR count). The van der Waals surface area contributed by atoms with Crippen LogP contribution in [0.5, 0.6) is 0 Å². The highest BCUT2D eigenvalue weighted by Crippen LogP contribution is 2.38. The lowest BCUT2D eigenvalue weighted by atomic mass is 9.75. The maximum absolute atomic E-state index is 4.95. The van der Waals surface area contributed by atoms with Crippen molar-refractivity contribution in [3.63, 3.8) is 0 Å². The minimum atomic E-state index is -0.147. The molecule has 0 bridgehead atoms. The quantitative estimate of drug-likeness (QED) is 0.625. The molecule has 2 aliphatic rings. The SMILES string of the molecule is CC1(C)C=CC2=NC(C)(C(C)(C)C)C=CN2C=C1. The summed E-state index contributed by atoms with van der Waals surface area (Å²) in [4.78, 5) is 7.05. The molecule has 0 spiro atoms. The molecule has 2 heterocycles. The molecule has 0 aromatic rings. The second kappa shape index (κ2) is 3.84. The summed E-state index contributed by atoms with van der Waals surface area (Å²) in [5.41, 5.74) is 0.0549. The Morgan fingerprint density at radius 2 is 1.61 bits per heavy atom. The molecule has 0 aromatic carbocycles. The largest absolute Gasteiger partial charge is 0.309 e. The number of hydrogen-bond acceptors (Lipinski definition) is 2. The van der Waals surface area contributed by atoms with Crippen LogP contribution in [-0.2, 0) is 0 Å². The molecule has 2 nitrogen and oxygen atoms in total. The highest BCUT2D eigenvalue weighted by molar-refractivity contribution is 5.96. The highest BCUT2D eigenvalue weighted by atomic mass is 15.2. The molecule has 2 aliphatic heterocycles. The summed E-state index contributed by atoms with van der Waals surface area (Å²) in [5, 5.41) is 0. The van der Waals surface area contributed by atoms with E-state index < -0.39 is 0 Å². The zero-order valence-electron chi connectivity index (χ0n) is 12.4. The molecule has 0 aliphatic carbocycles. The first-order valence-electron chi connectivity index (χ1n) is 6.59. The molecule has 98 valence electrons. The highest BCUT2D eigenvalue weighted by Gasteiger charge is 2.37. The van der Waals surface area contributed by atoms with Crippen molar-refractivity contribution in [2.75, 3.05) is 0 Å². The van der Waals surface area contributed by atoms with Gasteiger partial charge in [-0.25, -0.2) is 0 Å². The van der Waals surface area contributed by atoms with Gasteiger partial charge in [-0.3, -0.25) is 4.99 Å². The zero-order chi connectivity index (χ0) is 13.6. The van der Waals surface area contributed by atoms with E-state index in [1.54, 1.807) is 0 Å². The third-order valence-corrected chi connectivity index (χ3v) is 4.02. The number of hydrogen-bond donors (Lipinski definition) is 0. The van der Waals surface area contributed by atoms with Gasteiger partial charge in [0.1, 0.15) is 5.84 Å². The maximum Gasteiger partial charge on any atom is 0.132 e. The number of amidine groups is 1. The Kier molecular flexibility index (Phi) is 2.80. The van der Waals surface area contributed by atoms with E-state index in [-0.39, 0.29) is 16.4 Å². The lowest BCUT2D eigenvalue weighted by Crippen LogP contribution is -2.41. The van der Waals surface area contributed by atoms with Crippen LogP contribution in [0.15, 0.2) is 41.7 Å². The number of aliphatic imine (C=N–C) groups is 1. The van der Waals surface area contributed by atoms with Crippen LogP contribution in [0.4, 0.5) is 0 Å². The Bertz CT molecular complexity index is 458. The van der Waals surface area contributed by atoms with Crippen molar-refractivity contribution in [3.8, 4) is 0 Å². The first kappa shape index (κ1) is 13.1. The van der Waals surface area contributed by atoms with Crippen molar-refractivity contribution in [3.05, 3.63) is 36.7 Å². The number of rotatable bonds is 0. The van der Waals surface area contributed by atoms with E-state index in [9.17, 15) is 0 Å². The molecule has 1 unspecified atom stereocenters. The van der Waals surface area contributed by atoms with E-state index in [0.29, 0.717) is 0 Å². The predicted octanol–water partition coefficient (Wildman–Crippen LogP) is 4.13. The summed E-state index contributed by atoms with van der Waals surface area (Å²) in [5.74, 6) is 1.02. The lowest BCUT2D eigenvalue weighted by Gasteiger charge is -2.40. The Morgan fingerprint density at radius 1 is 1.00 bits per heavy atom. The van der Waals surface area contributed by atoms with Gasteiger partial charge in [0.2, 0.25) is 0 Å². The van der Waals surface area contributed by atoms with E-state index in [1.165, 1.54) is 0 Å². The standard InChI is InChI=1S/C16H24N2/c1-14(2,3)16(6)10-12-18-11-9-15(4,5)8-7-13(18)17-16/h7-12H,1-6H3. The van der Waals surface area contributed by atoms with Gasteiger partial charge in [-0.2, -0.15) is 0 Å². The molecule has 0 fully saturated rings. The number of fused-ring (bicyclic) bond motifs is 1. The van der Waals surface area contributed by atoms with Crippen LogP contribution in [0.25, 0.3) is 0 Å². The van der Waals surface area contributed by atoms with Crippen LogP contribution in [0.3, 0.4) is 0 Å². The summed E-state index contributed by atoms with van der Waals surface area (Å²) < 4.78 is 0. The van der Waals surface area contributed by atoms with E-state index in [0.717, 1.165) is 5.84 Å². The van der Waals surface area contributed by atoms with Crippen LogP contribution in [0, 0.1) is 10.8 Å². The Hall–Kier alpha value is -1.31. The summed E-state index contributed by atoms with van der Waals surface area (Å²) >= 11 is 0. The Balaban J connectivity index is 2.43. The van der Waals surface area contributed by atoms with E-state index in [4.69, 9.17) is 4.99 Å². The van der Waals surface area contributed by atoms with Crippen molar-refractivity contribution in [2.24, 2.45) is 15.8 Å². The minimum Gasteiger partial charge on any atom is -0.309 e. The normalized spacial score (nSPS) is 29.9. The summed E-state index contributed by atoms with van der Waals surface area (Å²) in [7, 11) is 0. The van der Waals surface area contributed by atoms with Crippen LogP contribution in [-0.4, -0.2) is 16.3 Å². The van der Waals surface area contributed by atoms with Gasteiger partial charge < -0.3 is 4.90 Å². The fourth-order valence-electron chi connectivity index (χ4n) is 1.92.